The molecule has 1 aromatic heterocycles. The first-order valence-corrected chi connectivity index (χ1v) is 7.96. The van der Waals surface area contributed by atoms with Gasteiger partial charge in [-0.25, -0.2) is 4.98 Å². The molecule has 2 rings (SSSR count). The van der Waals surface area contributed by atoms with E-state index >= 15 is 0 Å². The summed E-state index contributed by atoms with van der Waals surface area (Å²) in [6.45, 7) is -0.349. The monoisotopic (exact) mass is 405 g/mol. The first kappa shape index (κ1) is 18.7. The molecule has 0 bridgehead atoms. The van der Waals surface area contributed by atoms with Crippen molar-refractivity contribution in [3.8, 4) is 18.2 Å². The van der Waals surface area contributed by atoms with Gasteiger partial charge in [-0.2, -0.15) is 4.98 Å². The fraction of sp³-hybridized carbons (Fsp3) is 0.188. The average Bonchev–Trinajstić information content (AvgIpc) is 2.61. The molecule has 0 fully saturated rings. The molecule has 0 saturated carbocycles. The number of nitrogens with two attached hydrogens (primary N) is 1. The summed E-state index contributed by atoms with van der Waals surface area (Å²) in [4.78, 5) is 20.1. The average molecular weight is 406 g/mol. The zero-order valence-corrected chi connectivity index (χ0v) is 14.7. The van der Waals surface area contributed by atoms with E-state index in [1.165, 1.54) is 6.20 Å². The number of amides is 1. The molecule has 0 aliphatic carbocycles. The molecule has 0 spiro atoms. The van der Waals surface area contributed by atoms with Gasteiger partial charge in [0.1, 0.15) is 6.04 Å². The van der Waals surface area contributed by atoms with Crippen molar-refractivity contribution in [3.05, 3.63) is 34.9 Å². The number of carbonyl (C=O) groups is 1. The highest BCUT2D eigenvalue weighted by atomic mass is 79.9. The highest BCUT2D eigenvalue weighted by molar-refractivity contribution is 9.10. The van der Waals surface area contributed by atoms with E-state index in [-0.39, 0.29) is 6.61 Å². The Morgan fingerprint density at radius 1 is 1.48 bits per heavy atom. The Morgan fingerprint density at radius 3 is 2.96 bits per heavy atom. The number of rotatable bonds is 7. The number of benzene rings is 1. The van der Waals surface area contributed by atoms with Gasteiger partial charge in [-0.1, -0.05) is 12.0 Å². The lowest BCUT2D eigenvalue weighted by atomic mass is 10.2. The third-order valence-corrected chi connectivity index (χ3v) is 3.47. The van der Waals surface area contributed by atoms with E-state index in [1.54, 1.807) is 24.3 Å². The molecule has 1 amide bonds. The van der Waals surface area contributed by atoms with Gasteiger partial charge in [0.15, 0.2) is 6.61 Å². The summed E-state index contributed by atoms with van der Waals surface area (Å²) in [5, 5.41) is 14.5. The standard InChI is InChI=1S/C16H16BrN5O3/c1-2-6-25-15-12(17)8-19-16(22-15)21-11-5-3-4-10(7-11)20-14(24)13(18)9-23/h1,3-5,7-8,13,23H,6,9,18H2,(H,20,24)(H,19,21,22)/t13-/m1/s1. The first-order chi connectivity index (χ1) is 12.0. The molecule has 0 saturated heterocycles. The second-order valence-corrected chi connectivity index (χ2v) is 5.68. The molecule has 1 aromatic carbocycles. The maximum Gasteiger partial charge on any atom is 0.243 e. The Kier molecular flexibility index (Phi) is 6.71. The van der Waals surface area contributed by atoms with Crippen molar-refractivity contribution in [1.29, 1.82) is 0 Å². The van der Waals surface area contributed by atoms with Crippen LogP contribution < -0.4 is 21.1 Å². The number of hydrogen-bond acceptors (Lipinski definition) is 7. The number of anilines is 3. The number of hydrogen-bond donors (Lipinski definition) is 4. The van der Waals surface area contributed by atoms with Gasteiger partial charge < -0.3 is 26.2 Å². The van der Waals surface area contributed by atoms with Crippen LogP contribution in [0.5, 0.6) is 5.88 Å². The maximum atomic E-state index is 11.7. The topological polar surface area (TPSA) is 122 Å². The van der Waals surface area contributed by atoms with Crippen LogP contribution in [0, 0.1) is 12.3 Å². The van der Waals surface area contributed by atoms with Crippen molar-refractivity contribution >= 4 is 39.2 Å². The van der Waals surface area contributed by atoms with Crippen molar-refractivity contribution in [2.45, 2.75) is 6.04 Å². The maximum absolute atomic E-state index is 11.7. The van der Waals surface area contributed by atoms with E-state index in [0.29, 0.717) is 27.7 Å². The summed E-state index contributed by atoms with van der Waals surface area (Å²) in [6, 6.07) is 5.89. The molecule has 5 N–H and O–H groups in total. The molecule has 0 aliphatic rings. The number of aliphatic hydroxyl groups is 1. The molecule has 8 nitrogen and oxygen atoms in total. The first-order valence-electron chi connectivity index (χ1n) is 7.16. The lowest BCUT2D eigenvalue weighted by Crippen LogP contribution is -2.38. The van der Waals surface area contributed by atoms with E-state index < -0.39 is 18.6 Å². The van der Waals surface area contributed by atoms with Crippen LogP contribution in [0.4, 0.5) is 17.3 Å². The molecule has 2 aromatic rings. The van der Waals surface area contributed by atoms with E-state index in [4.69, 9.17) is 22.0 Å². The Bertz CT molecular complexity index is 794. The Balaban J connectivity index is 2.12. The van der Waals surface area contributed by atoms with Crippen LogP contribution in [-0.2, 0) is 4.79 Å². The predicted octanol–water partition coefficient (Wildman–Crippen LogP) is 1.25. The summed E-state index contributed by atoms with van der Waals surface area (Å²) in [6.07, 6.45) is 6.70. The van der Waals surface area contributed by atoms with Gasteiger partial charge in [0.2, 0.25) is 17.7 Å². The number of nitrogens with one attached hydrogen (secondary N) is 2. The van der Waals surface area contributed by atoms with E-state index in [2.05, 4.69) is 42.5 Å². The second kappa shape index (κ2) is 8.98. The molecule has 1 heterocycles. The van der Waals surface area contributed by atoms with Gasteiger partial charge in [0, 0.05) is 11.4 Å². The van der Waals surface area contributed by atoms with Gasteiger partial charge in [-0.15, -0.1) is 6.42 Å². The van der Waals surface area contributed by atoms with Crippen LogP contribution >= 0.6 is 15.9 Å². The summed E-state index contributed by atoms with van der Waals surface area (Å²) in [5.41, 5.74) is 6.62. The molecular formula is C16H16BrN5O3. The number of carbonyl (C=O) groups excluding carboxylic acids is 1. The summed E-state index contributed by atoms with van der Waals surface area (Å²) in [5.74, 6) is 2.49. The normalized spacial score (nSPS) is 11.3. The van der Waals surface area contributed by atoms with Crippen LogP contribution in [0.15, 0.2) is 34.9 Å². The van der Waals surface area contributed by atoms with E-state index in [9.17, 15) is 4.79 Å². The fourth-order valence-electron chi connectivity index (χ4n) is 1.74. The predicted molar refractivity (Wildman–Crippen MR) is 97.5 cm³/mol. The Labute approximate surface area is 152 Å². The van der Waals surface area contributed by atoms with Crippen molar-refractivity contribution in [3.63, 3.8) is 0 Å². The summed E-state index contributed by atoms with van der Waals surface area (Å²) < 4.78 is 5.89. The number of aromatic nitrogens is 2. The van der Waals surface area contributed by atoms with Crippen molar-refractivity contribution < 1.29 is 14.6 Å². The van der Waals surface area contributed by atoms with Gasteiger partial charge in [0.05, 0.1) is 17.3 Å². The SMILES string of the molecule is C#CCOc1nc(Nc2cccc(NC(=O)[C@H](N)CO)c2)ncc1Br. The minimum atomic E-state index is -0.984. The molecule has 130 valence electrons. The number of nitrogens with zero attached hydrogens (tertiary/aromatic N) is 2. The quantitative estimate of drug-likeness (QED) is 0.511. The Morgan fingerprint density at radius 2 is 2.24 bits per heavy atom. The lowest BCUT2D eigenvalue weighted by molar-refractivity contribution is -0.118. The third-order valence-electron chi connectivity index (χ3n) is 2.92. The third kappa shape index (κ3) is 5.42. The molecule has 0 unspecified atom stereocenters. The van der Waals surface area contributed by atoms with Crippen LogP contribution in [0.1, 0.15) is 0 Å². The summed E-state index contributed by atoms with van der Waals surface area (Å²) in [7, 11) is 0. The molecular weight excluding hydrogens is 390 g/mol. The van der Waals surface area contributed by atoms with Crippen molar-refractivity contribution in [1.82, 2.24) is 9.97 Å². The number of terminal acetylenes is 1. The zero-order valence-electron chi connectivity index (χ0n) is 13.1. The number of ether oxygens (including phenoxy) is 1. The van der Waals surface area contributed by atoms with E-state index in [1.807, 2.05) is 0 Å². The van der Waals surface area contributed by atoms with Crippen LogP contribution in [0.2, 0.25) is 0 Å². The van der Waals surface area contributed by atoms with Gasteiger partial charge in [0.25, 0.3) is 0 Å². The highest BCUT2D eigenvalue weighted by Crippen LogP contribution is 2.24. The van der Waals surface area contributed by atoms with Crippen molar-refractivity contribution in [2.24, 2.45) is 5.73 Å². The minimum absolute atomic E-state index is 0.0850. The fourth-order valence-corrected chi connectivity index (χ4v) is 2.05. The highest BCUT2D eigenvalue weighted by Gasteiger charge is 2.12. The van der Waals surface area contributed by atoms with Crippen LogP contribution in [0.3, 0.4) is 0 Å². The molecule has 25 heavy (non-hydrogen) atoms. The molecule has 1 atom stereocenters. The van der Waals surface area contributed by atoms with Crippen molar-refractivity contribution in [2.75, 3.05) is 23.8 Å². The smallest absolute Gasteiger partial charge is 0.243 e. The molecule has 0 aliphatic heterocycles. The van der Waals surface area contributed by atoms with Crippen LogP contribution in [0.25, 0.3) is 0 Å². The molecule has 0 radical (unpaired) electrons. The number of halogens is 1. The summed E-state index contributed by atoms with van der Waals surface area (Å²) >= 11 is 3.28. The van der Waals surface area contributed by atoms with E-state index in [0.717, 1.165) is 0 Å². The van der Waals surface area contributed by atoms with Gasteiger partial charge in [-0.3, -0.25) is 4.79 Å². The second-order valence-electron chi connectivity index (χ2n) is 4.82. The molecule has 9 heteroatoms. The van der Waals surface area contributed by atoms with Crippen LogP contribution in [-0.4, -0.2) is 40.2 Å². The number of aliphatic hydroxyl groups excluding tert-OH is 1. The van der Waals surface area contributed by atoms with Gasteiger partial charge >= 0.3 is 0 Å². The lowest BCUT2D eigenvalue weighted by Gasteiger charge is -2.12. The zero-order chi connectivity index (χ0) is 18.2. The largest absolute Gasteiger partial charge is 0.464 e. The Hall–Kier alpha value is -2.67. The van der Waals surface area contributed by atoms with Gasteiger partial charge in [-0.05, 0) is 34.1 Å². The minimum Gasteiger partial charge on any atom is -0.464 e.